The summed E-state index contributed by atoms with van der Waals surface area (Å²) in [5.74, 6) is -0.0971. The number of carbonyl (C=O) groups is 1. The lowest BCUT2D eigenvalue weighted by Gasteiger charge is -2.05. The van der Waals surface area contributed by atoms with Crippen molar-refractivity contribution in [2.45, 2.75) is 13.2 Å². The van der Waals surface area contributed by atoms with E-state index < -0.39 is 0 Å². The minimum Gasteiger partial charge on any atom is -0.380 e. The molecule has 5 heteroatoms. The number of amides is 1. The van der Waals surface area contributed by atoms with Gasteiger partial charge in [-0.2, -0.15) is 5.10 Å². The number of hydrogen-bond acceptors (Lipinski definition) is 3. The third-order valence-corrected chi connectivity index (χ3v) is 2.54. The molecule has 2 rings (SSSR count). The van der Waals surface area contributed by atoms with Crippen molar-refractivity contribution >= 4 is 5.91 Å². The zero-order chi connectivity index (χ0) is 12.8. The number of H-pyrrole nitrogens is 1. The number of carbonyl (C=O) groups excluding carboxylic acids is 1. The Morgan fingerprint density at radius 1 is 1.33 bits per heavy atom. The van der Waals surface area contributed by atoms with Gasteiger partial charge in [0.2, 0.25) is 0 Å². The van der Waals surface area contributed by atoms with Crippen LogP contribution in [0.4, 0.5) is 0 Å². The SMILES string of the molecule is COCc1ccc(C(=O)NCc2cn[nH]c2)cc1. The normalized spacial score (nSPS) is 10.3. The van der Waals surface area contributed by atoms with Gasteiger partial charge in [0, 0.05) is 31.0 Å². The highest BCUT2D eigenvalue weighted by atomic mass is 16.5. The molecule has 0 unspecified atom stereocenters. The van der Waals surface area contributed by atoms with E-state index in [4.69, 9.17) is 4.74 Å². The van der Waals surface area contributed by atoms with Crippen molar-refractivity contribution in [3.8, 4) is 0 Å². The van der Waals surface area contributed by atoms with E-state index in [9.17, 15) is 4.79 Å². The molecule has 1 heterocycles. The van der Waals surface area contributed by atoms with Crippen LogP contribution >= 0.6 is 0 Å². The van der Waals surface area contributed by atoms with Crippen LogP contribution in [0.25, 0.3) is 0 Å². The van der Waals surface area contributed by atoms with E-state index in [1.54, 1.807) is 31.6 Å². The molecule has 1 aromatic heterocycles. The minimum atomic E-state index is -0.0971. The molecule has 94 valence electrons. The monoisotopic (exact) mass is 245 g/mol. The molecule has 0 spiro atoms. The molecule has 0 atom stereocenters. The van der Waals surface area contributed by atoms with E-state index in [0.717, 1.165) is 11.1 Å². The average Bonchev–Trinajstić information content (AvgIpc) is 2.90. The van der Waals surface area contributed by atoms with Gasteiger partial charge in [0.25, 0.3) is 5.91 Å². The lowest BCUT2D eigenvalue weighted by molar-refractivity contribution is 0.0951. The Hall–Kier alpha value is -2.14. The molecule has 2 N–H and O–H groups in total. The number of rotatable bonds is 5. The third-order valence-electron chi connectivity index (χ3n) is 2.54. The molecular weight excluding hydrogens is 230 g/mol. The zero-order valence-electron chi connectivity index (χ0n) is 10.1. The molecule has 0 fully saturated rings. The number of aromatic amines is 1. The summed E-state index contributed by atoms with van der Waals surface area (Å²) >= 11 is 0. The number of aromatic nitrogens is 2. The Morgan fingerprint density at radius 2 is 2.11 bits per heavy atom. The first-order valence-electron chi connectivity index (χ1n) is 5.63. The van der Waals surface area contributed by atoms with E-state index in [2.05, 4.69) is 15.5 Å². The Balaban J connectivity index is 1.92. The summed E-state index contributed by atoms with van der Waals surface area (Å²) in [6.07, 6.45) is 3.43. The van der Waals surface area contributed by atoms with E-state index in [-0.39, 0.29) is 5.91 Å². The van der Waals surface area contributed by atoms with Gasteiger partial charge >= 0.3 is 0 Å². The highest BCUT2D eigenvalue weighted by Crippen LogP contribution is 2.05. The fourth-order valence-electron chi connectivity index (χ4n) is 1.58. The molecule has 0 aliphatic carbocycles. The minimum absolute atomic E-state index is 0.0971. The quantitative estimate of drug-likeness (QED) is 0.838. The van der Waals surface area contributed by atoms with Gasteiger partial charge in [0.15, 0.2) is 0 Å². The van der Waals surface area contributed by atoms with Gasteiger partial charge in [-0.1, -0.05) is 12.1 Å². The largest absolute Gasteiger partial charge is 0.380 e. The van der Waals surface area contributed by atoms with Crippen LogP contribution in [0, 0.1) is 0 Å². The fraction of sp³-hybridized carbons (Fsp3) is 0.231. The summed E-state index contributed by atoms with van der Waals surface area (Å²) in [6, 6.07) is 7.35. The second-order valence-electron chi connectivity index (χ2n) is 3.92. The second kappa shape index (κ2) is 5.97. The Morgan fingerprint density at radius 3 is 2.72 bits per heavy atom. The lowest BCUT2D eigenvalue weighted by Crippen LogP contribution is -2.22. The second-order valence-corrected chi connectivity index (χ2v) is 3.92. The number of ether oxygens (including phenoxy) is 1. The third kappa shape index (κ3) is 3.18. The Bertz CT molecular complexity index is 491. The van der Waals surface area contributed by atoms with Gasteiger partial charge in [-0.3, -0.25) is 9.89 Å². The number of methoxy groups -OCH3 is 1. The van der Waals surface area contributed by atoms with Crippen LogP contribution in [0.2, 0.25) is 0 Å². The molecule has 0 aliphatic heterocycles. The van der Waals surface area contributed by atoms with Gasteiger partial charge < -0.3 is 10.1 Å². The standard InChI is InChI=1S/C13H15N3O2/c1-18-9-10-2-4-12(5-3-10)13(17)14-6-11-7-15-16-8-11/h2-5,7-8H,6,9H2,1H3,(H,14,17)(H,15,16). The smallest absolute Gasteiger partial charge is 0.251 e. The topological polar surface area (TPSA) is 67.0 Å². The summed E-state index contributed by atoms with van der Waals surface area (Å²) in [5, 5.41) is 9.34. The first-order valence-corrected chi connectivity index (χ1v) is 5.63. The molecule has 1 aromatic carbocycles. The van der Waals surface area contributed by atoms with Crippen molar-refractivity contribution in [1.29, 1.82) is 0 Å². The summed E-state index contributed by atoms with van der Waals surface area (Å²) in [6.45, 7) is 1.02. The van der Waals surface area contributed by atoms with Crippen LogP contribution in [-0.4, -0.2) is 23.2 Å². The summed E-state index contributed by atoms with van der Waals surface area (Å²) < 4.78 is 5.01. The molecule has 1 amide bonds. The Labute approximate surface area is 105 Å². The molecule has 18 heavy (non-hydrogen) atoms. The molecule has 5 nitrogen and oxygen atoms in total. The first kappa shape index (κ1) is 12.3. The highest BCUT2D eigenvalue weighted by Gasteiger charge is 2.05. The number of hydrogen-bond donors (Lipinski definition) is 2. The predicted octanol–water partition coefficient (Wildman–Crippen LogP) is 1.49. The van der Waals surface area contributed by atoms with Crippen molar-refractivity contribution in [3.63, 3.8) is 0 Å². The predicted molar refractivity (Wildman–Crippen MR) is 66.9 cm³/mol. The van der Waals surface area contributed by atoms with Crippen LogP contribution in [0.1, 0.15) is 21.5 Å². The summed E-state index contributed by atoms with van der Waals surface area (Å²) in [5.41, 5.74) is 2.63. The lowest BCUT2D eigenvalue weighted by atomic mass is 10.1. The van der Waals surface area contributed by atoms with Gasteiger partial charge in [-0.25, -0.2) is 0 Å². The maximum Gasteiger partial charge on any atom is 0.251 e. The van der Waals surface area contributed by atoms with Crippen molar-refractivity contribution in [2.24, 2.45) is 0 Å². The summed E-state index contributed by atoms with van der Waals surface area (Å²) in [4.78, 5) is 11.8. The highest BCUT2D eigenvalue weighted by molar-refractivity contribution is 5.94. The summed E-state index contributed by atoms with van der Waals surface area (Å²) in [7, 11) is 1.64. The fourth-order valence-corrected chi connectivity index (χ4v) is 1.58. The van der Waals surface area contributed by atoms with E-state index >= 15 is 0 Å². The van der Waals surface area contributed by atoms with Gasteiger partial charge in [0.1, 0.15) is 0 Å². The van der Waals surface area contributed by atoms with Crippen LogP contribution in [-0.2, 0) is 17.9 Å². The van der Waals surface area contributed by atoms with Crippen molar-refractivity contribution in [2.75, 3.05) is 7.11 Å². The van der Waals surface area contributed by atoms with E-state index in [1.165, 1.54) is 0 Å². The Kier molecular flexibility index (Phi) is 4.09. The molecule has 2 aromatic rings. The number of benzene rings is 1. The van der Waals surface area contributed by atoms with Crippen molar-refractivity contribution in [1.82, 2.24) is 15.5 Å². The molecular formula is C13H15N3O2. The van der Waals surface area contributed by atoms with Crippen LogP contribution in [0.5, 0.6) is 0 Å². The maximum atomic E-state index is 11.8. The number of nitrogens with one attached hydrogen (secondary N) is 2. The van der Waals surface area contributed by atoms with Gasteiger partial charge in [-0.05, 0) is 17.7 Å². The first-order chi connectivity index (χ1) is 8.79. The van der Waals surface area contributed by atoms with Crippen molar-refractivity contribution in [3.05, 3.63) is 53.3 Å². The van der Waals surface area contributed by atoms with E-state index in [1.807, 2.05) is 12.1 Å². The van der Waals surface area contributed by atoms with Gasteiger partial charge in [0.05, 0.1) is 12.8 Å². The van der Waals surface area contributed by atoms with Gasteiger partial charge in [-0.15, -0.1) is 0 Å². The molecule has 0 saturated carbocycles. The van der Waals surface area contributed by atoms with Crippen LogP contribution in [0.15, 0.2) is 36.7 Å². The van der Waals surface area contributed by atoms with Crippen LogP contribution < -0.4 is 5.32 Å². The molecule has 0 aliphatic rings. The molecule has 0 radical (unpaired) electrons. The zero-order valence-corrected chi connectivity index (χ0v) is 10.1. The molecule has 0 bridgehead atoms. The number of nitrogens with zero attached hydrogens (tertiary/aromatic N) is 1. The van der Waals surface area contributed by atoms with Crippen LogP contribution in [0.3, 0.4) is 0 Å². The maximum absolute atomic E-state index is 11.8. The van der Waals surface area contributed by atoms with Crippen molar-refractivity contribution < 1.29 is 9.53 Å². The molecule has 0 saturated heterocycles. The van der Waals surface area contributed by atoms with E-state index in [0.29, 0.717) is 18.7 Å². The average molecular weight is 245 g/mol.